The molecule has 6 nitrogen and oxygen atoms in total. The minimum absolute atomic E-state index is 0.0578. The standard InChI is InChI=1S/C16H15Cl2N3O3/c17-13-5-2-1-4-12(13)16(22)20-9-3-8-19-15-7-6-11(21(23)24)10-14(15)18/h1-2,4-7,10,19H,3,8-9H2,(H,20,22). The van der Waals surface area contributed by atoms with Crippen LogP contribution in [0.25, 0.3) is 0 Å². The Morgan fingerprint density at radius 2 is 1.83 bits per heavy atom. The lowest BCUT2D eigenvalue weighted by Gasteiger charge is -2.09. The van der Waals surface area contributed by atoms with Crippen molar-refractivity contribution >= 4 is 40.5 Å². The Morgan fingerprint density at radius 1 is 1.08 bits per heavy atom. The molecule has 0 fully saturated rings. The molecule has 24 heavy (non-hydrogen) atoms. The van der Waals surface area contributed by atoms with E-state index < -0.39 is 4.92 Å². The second-order valence-corrected chi connectivity index (χ2v) is 5.75. The molecule has 2 aromatic rings. The maximum absolute atomic E-state index is 12.0. The number of halogens is 2. The molecule has 1 amide bonds. The van der Waals surface area contributed by atoms with E-state index >= 15 is 0 Å². The predicted octanol–water partition coefficient (Wildman–Crippen LogP) is 4.13. The van der Waals surface area contributed by atoms with Gasteiger partial charge in [0.15, 0.2) is 0 Å². The molecule has 0 bridgehead atoms. The molecule has 126 valence electrons. The molecule has 0 saturated heterocycles. The van der Waals surface area contributed by atoms with Gasteiger partial charge in [0.25, 0.3) is 11.6 Å². The molecule has 0 aliphatic carbocycles. The molecule has 0 unspecified atom stereocenters. The van der Waals surface area contributed by atoms with Gasteiger partial charge in [-0.25, -0.2) is 0 Å². The van der Waals surface area contributed by atoms with E-state index in [4.69, 9.17) is 23.2 Å². The fourth-order valence-electron chi connectivity index (χ4n) is 2.01. The van der Waals surface area contributed by atoms with Crippen LogP contribution in [0.2, 0.25) is 10.0 Å². The average Bonchev–Trinajstić information content (AvgIpc) is 2.55. The number of anilines is 1. The van der Waals surface area contributed by atoms with Crippen molar-refractivity contribution < 1.29 is 9.72 Å². The van der Waals surface area contributed by atoms with E-state index in [9.17, 15) is 14.9 Å². The Balaban J connectivity index is 1.76. The summed E-state index contributed by atoms with van der Waals surface area (Å²) in [6, 6.07) is 11.1. The molecule has 0 atom stereocenters. The number of nitrogens with zero attached hydrogens (tertiary/aromatic N) is 1. The van der Waals surface area contributed by atoms with Crippen molar-refractivity contribution in [3.8, 4) is 0 Å². The van der Waals surface area contributed by atoms with Crippen molar-refractivity contribution in [3.63, 3.8) is 0 Å². The molecule has 0 aliphatic rings. The van der Waals surface area contributed by atoms with Gasteiger partial charge in [-0.2, -0.15) is 0 Å². The summed E-state index contributed by atoms with van der Waals surface area (Å²) in [5.41, 5.74) is 0.989. The first kappa shape index (κ1) is 18.0. The molecule has 0 aromatic heterocycles. The molecular formula is C16H15Cl2N3O3. The van der Waals surface area contributed by atoms with Crippen molar-refractivity contribution in [2.75, 3.05) is 18.4 Å². The van der Waals surface area contributed by atoms with E-state index in [1.165, 1.54) is 12.1 Å². The fourth-order valence-corrected chi connectivity index (χ4v) is 2.48. The summed E-state index contributed by atoms with van der Waals surface area (Å²) in [7, 11) is 0. The van der Waals surface area contributed by atoms with E-state index in [1.54, 1.807) is 30.3 Å². The molecule has 8 heteroatoms. The third kappa shape index (κ3) is 4.84. The first-order valence-electron chi connectivity index (χ1n) is 7.19. The van der Waals surface area contributed by atoms with Gasteiger partial charge in [0.1, 0.15) is 0 Å². The van der Waals surface area contributed by atoms with Crippen LogP contribution in [-0.4, -0.2) is 23.9 Å². The maximum Gasteiger partial charge on any atom is 0.271 e. The summed E-state index contributed by atoms with van der Waals surface area (Å²) >= 11 is 11.9. The minimum atomic E-state index is -0.500. The van der Waals surface area contributed by atoms with Gasteiger partial charge in [-0.1, -0.05) is 35.3 Å². The molecule has 0 heterocycles. The smallest absolute Gasteiger partial charge is 0.271 e. The Hall–Kier alpha value is -2.31. The third-order valence-corrected chi connectivity index (χ3v) is 3.88. The number of benzene rings is 2. The number of non-ortho nitro benzene ring substituents is 1. The summed E-state index contributed by atoms with van der Waals surface area (Å²) in [6.45, 7) is 1.02. The minimum Gasteiger partial charge on any atom is -0.384 e. The van der Waals surface area contributed by atoms with Crippen molar-refractivity contribution in [1.29, 1.82) is 0 Å². The van der Waals surface area contributed by atoms with Crippen molar-refractivity contribution in [2.45, 2.75) is 6.42 Å². The summed E-state index contributed by atoms with van der Waals surface area (Å²) in [5.74, 6) is -0.228. The van der Waals surface area contributed by atoms with Crippen LogP contribution >= 0.6 is 23.2 Å². The zero-order valence-corrected chi connectivity index (χ0v) is 14.1. The second-order valence-electron chi connectivity index (χ2n) is 4.94. The zero-order valence-electron chi connectivity index (χ0n) is 12.6. The highest BCUT2D eigenvalue weighted by molar-refractivity contribution is 6.34. The number of carbonyl (C=O) groups excluding carboxylic acids is 1. The Labute approximate surface area is 148 Å². The van der Waals surface area contributed by atoms with Gasteiger partial charge in [-0.05, 0) is 24.6 Å². The number of nitro benzene ring substituents is 1. The van der Waals surface area contributed by atoms with Crippen LogP contribution in [0.15, 0.2) is 42.5 Å². The van der Waals surface area contributed by atoms with Gasteiger partial charge in [0, 0.05) is 25.2 Å². The summed E-state index contributed by atoms with van der Waals surface area (Å²) in [4.78, 5) is 22.1. The molecule has 2 N–H and O–H groups in total. The van der Waals surface area contributed by atoms with E-state index in [0.29, 0.717) is 35.8 Å². The number of carbonyl (C=O) groups is 1. The van der Waals surface area contributed by atoms with Crippen LogP contribution in [0.4, 0.5) is 11.4 Å². The van der Waals surface area contributed by atoms with Gasteiger partial charge >= 0.3 is 0 Å². The maximum atomic E-state index is 12.0. The number of hydrogen-bond donors (Lipinski definition) is 2. The molecule has 0 aliphatic heterocycles. The van der Waals surface area contributed by atoms with Crippen LogP contribution in [0.5, 0.6) is 0 Å². The van der Waals surface area contributed by atoms with Gasteiger partial charge in [-0.15, -0.1) is 0 Å². The molecule has 0 spiro atoms. The highest BCUT2D eigenvalue weighted by Crippen LogP contribution is 2.26. The summed E-state index contributed by atoms with van der Waals surface area (Å²) < 4.78 is 0. The molecule has 2 rings (SSSR count). The Kier molecular flexibility index (Phi) is 6.40. The van der Waals surface area contributed by atoms with E-state index in [0.717, 1.165) is 0 Å². The lowest BCUT2D eigenvalue weighted by molar-refractivity contribution is -0.384. The highest BCUT2D eigenvalue weighted by Gasteiger charge is 2.10. The number of nitrogens with one attached hydrogen (secondary N) is 2. The fraction of sp³-hybridized carbons (Fsp3) is 0.188. The van der Waals surface area contributed by atoms with Crippen LogP contribution in [0, 0.1) is 10.1 Å². The first-order valence-corrected chi connectivity index (χ1v) is 7.95. The lowest BCUT2D eigenvalue weighted by Crippen LogP contribution is -2.26. The van der Waals surface area contributed by atoms with Gasteiger partial charge < -0.3 is 10.6 Å². The summed E-state index contributed by atoms with van der Waals surface area (Å²) in [6.07, 6.45) is 0.656. The Morgan fingerprint density at radius 3 is 2.50 bits per heavy atom. The summed E-state index contributed by atoms with van der Waals surface area (Å²) in [5, 5.41) is 17.2. The number of nitro groups is 1. The molecule has 0 saturated carbocycles. The van der Waals surface area contributed by atoms with Crippen LogP contribution in [0.1, 0.15) is 16.8 Å². The number of amides is 1. The third-order valence-electron chi connectivity index (χ3n) is 3.24. The SMILES string of the molecule is O=C(NCCCNc1ccc([N+](=O)[O-])cc1Cl)c1ccccc1Cl. The van der Waals surface area contributed by atoms with Crippen molar-refractivity contribution in [2.24, 2.45) is 0 Å². The van der Waals surface area contributed by atoms with Crippen LogP contribution in [0.3, 0.4) is 0 Å². The predicted molar refractivity (Wildman–Crippen MR) is 95.0 cm³/mol. The molecule has 2 aromatic carbocycles. The lowest BCUT2D eigenvalue weighted by atomic mass is 10.2. The van der Waals surface area contributed by atoms with E-state index in [2.05, 4.69) is 10.6 Å². The van der Waals surface area contributed by atoms with Crippen molar-refractivity contribution in [1.82, 2.24) is 5.32 Å². The van der Waals surface area contributed by atoms with Gasteiger partial charge in [-0.3, -0.25) is 14.9 Å². The molecule has 0 radical (unpaired) electrons. The largest absolute Gasteiger partial charge is 0.384 e. The topological polar surface area (TPSA) is 84.3 Å². The second kappa shape index (κ2) is 8.52. The van der Waals surface area contributed by atoms with Crippen molar-refractivity contribution in [3.05, 3.63) is 68.2 Å². The number of rotatable bonds is 7. The normalized spacial score (nSPS) is 10.2. The van der Waals surface area contributed by atoms with Gasteiger partial charge in [0.2, 0.25) is 0 Å². The first-order chi connectivity index (χ1) is 11.5. The Bertz CT molecular complexity index is 753. The zero-order chi connectivity index (χ0) is 17.5. The average molecular weight is 368 g/mol. The number of hydrogen-bond acceptors (Lipinski definition) is 4. The van der Waals surface area contributed by atoms with Gasteiger partial charge in [0.05, 0.1) is 26.2 Å². The van der Waals surface area contributed by atoms with E-state index in [-0.39, 0.29) is 16.6 Å². The van der Waals surface area contributed by atoms with E-state index in [1.807, 2.05) is 0 Å². The highest BCUT2D eigenvalue weighted by atomic mass is 35.5. The monoisotopic (exact) mass is 367 g/mol. The molecular weight excluding hydrogens is 353 g/mol. The van der Waals surface area contributed by atoms with Crippen LogP contribution < -0.4 is 10.6 Å². The quantitative estimate of drug-likeness (QED) is 0.437. The van der Waals surface area contributed by atoms with Crippen LogP contribution in [-0.2, 0) is 0 Å².